The monoisotopic (exact) mass is 282 g/mol. The lowest BCUT2D eigenvalue weighted by Crippen LogP contribution is -2.30. The van der Waals surface area contributed by atoms with Crippen molar-refractivity contribution in [3.63, 3.8) is 0 Å². The molecule has 0 atom stereocenters. The summed E-state index contributed by atoms with van der Waals surface area (Å²) in [5, 5.41) is 0. The molecule has 0 spiro atoms. The first-order chi connectivity index (χ1) is 9.97. The molecular formula is C19H26N2. The maximum absolute atomic E-state index is 6.08. The maximum Gasteiger partial charge on any atom is 0.0359 e. The molecule has 2 N–H and O–H groups in total. The summed E-state index contributed by atoms with van der Waals surface area (Å²) >= 11 is 0. The van der Waals surface area contributed by atoms with Crippen molar-refractivity contribution >= 4 is 5.69 Å². The van der Waals surface area contributed by atoms with Crippen molar-refractivity contribution in [2.24, 2.45) is 0 Å². The fourth-order valence-corrected chi connectivity index (χ4v) is 2.45. The number of nitrogens with two attached hydrogens (primary N) is 1. The Morgan fingerprint density at radius 1 is 0.952 bits per heavy atom. The number of para-hydroxylation sites is 1. The summed E-state index contributed by atoms with van der Waals surface area (Å²) in [5.74, 6) is 0. The van der Waals surface area contributed by atoms with Crippen LogP contribution < -0.4 is 5.73 Å². The Balaban J connectivity index is 2.16. The molecule has 2 aromatic rings. The van der Waals surface area contributed by atoms with Crippen molar-refractivity contribution in [3.05, 3.63) is 64.7 Å². The molecule has 0 unspecified atom stereocenters. The van der Waals surface area contributed by atoms with Crippen molar-refractivity contribution in [2.45, 2.75) is 46.8 Å². The molecule has 0 amide bonds. The molecule has 0 saturated carbocycles. The van der Waals surface area contributed by atoms with Gasteiger partial charge in [0.15, 0.2) is 0 Å². The van der Waals surface area contributed by atoms with E-state index in [2.05, 4.69) is 62.9 Å². The van der Waals surface area contributed by atoms with E-state index >= 15 is 0 Å². The van der Waals surface area contributed by atoms with Crippen LogP contribution in [0.5, 0.6) is 0 Å². The van der Waals surface area contributed by atoms with E-state index in [4.69, 9.17) is 5.73 Å². The van der Waals surface area contributed by atoms with Crippen molar-refractivity contribution in [1.29, 1.82) is 0 Å². The van der Waals surface area contributed by atoms with Crippen molar-refractivity contribution in [3.8, 4) is 0 Å². The number of hydrogen-bond donors (Lipinski definition) is 1. The highest BCUT2D eigenvalue weighted by molar-refractivity contribution is 5.46. The average molecular weight is 282 g/mol. The van der Waals surface area contributed by atoms with Crippen LogP contribution in [0.2, 0.25) is 0 Å². The van der Waals surface area contributed by atoms with E-state index in [0.29, 0.717) is 6.04 Å². The number of aryl methyl sites for hydroxylation is 2. The zero-order valence-electron chi connectivity index (χ0n) is 13.6. The van der Waals surface area contributed by atoms with E-state index in [1.165, 1.54) is 22.3 Å². The number of rotatable bonds is 5. The second-order valence-electron chi connectivity index (χ2n) is 6.12. The Morgan fingerprint density at radius 2 is 1.67 bits per heavy atom. The van der Waals surface area contributed by atoms with Crippen LogP contribution in [0.3, 0.4) is 0 Å². The summed E-state index contributed by atoms with van der Waals surface area (Å²) in [6, 6.07) is 15.3. The van der Waals surface area contributed by atoms with Gasteiger partial charge in [-0.25, -0.2) is 0 Å². The predicted molar refractivity (Wildman–Crippen MR) is 91.2 cm³/mol. The van der Waals surface area contributed by atoms with Gasteiger partial charge in [-0.1, -0.05) is 36.4 Å². The Kier molecular flexibility index (Phi) is 5.03. The molecule has 21 heavy (non-hydrogen) atoms. The molecule has 2 aromatic carbocycles. The third-order valence-electron chi connectivity index (χ3n) is 4.12. The van der Waals surface area contributed by atoms with Gasteiger partial charge >= 0.3 is 0 Å². The zero-order chi connectivity index (χ0) is 15.4. The lowest BCUT2D eigenvalue weighted by atomic mass is 10.0. The summed E-state index contributed by atoms with van der Waals surface area (Å²) in [5.41, 5.74) is 12.2. The number of nitrogens with zero attached hydrogens (tertiary/aromatic N) is 1. The van der Waals surface area contributed by atoms with Crippen molar-refractivity contribution in [1.82, 2.24) is 4.90 Å². The second kappa shape index (κ2) is 6.77. The summed E-state index contributed by atoms with van der Waals surface area (Å²) in [6.07, 6.45) is 0. The quantitative estimate of drug-likeness (QED) is 0.829. The summed E-state index contributed by atoms with van der Waals surface area (Å²) < 4.78 is 0. The van der Waals surface area contributed by atoms with Gasteiger partial charge in [0.25, 0.3) is 0 Å². The lowest BCUT2D eigenvalue weighted by molar-refractivity contribution is 0.204. The molecule has 0 aliphatic carbocycles. The minimum atomic E-state index is 0.478. The molecule has 2 nitrogen and oxygen atoms in total. The second-order valence-corrected chi connectivity index (χ2v) is 6.12. The number of benzene rings is 2. The molecule has 0 bridgehead atoms. The largest absolute Gasteiger partial charge is 0.398 e. The van der Waals surface area contributed by atoms with Crippen LogP contribution in [-0.2, 0) is 13.1 Å². The smallest absolute Gasteiger partial charge is 0.0359 e. The number of hydrogen-bond acceptors (Lipinski definition) is 2. The van der Waals surface area contributed by atoms with Crippen LogP contribution in [0.15, 0.2) is 42.5 Å². The minimum Gasteiger partial charge on any atom is -0.398 e. The van der Waals surface area contributed by atoms with E-state index in [1.807, 2.05) is 12.1 Å². The van der Waals surface area contributed by atoms with Crippen LogP contribution in [0.1, 0.15) is 36.1 Å². The van der Waals surface area contributed by atoms with Crippen molar-refractivity contribution in [2.75, 3.05) is 5.73 Å². The first-order valence-electron chi connectivity index (χ1n) is 7.61. The third-order valence-corrected chi connectivity index (χ3v) is 4.12. The normalized spacial score (nSPS) is 11.3. The van der Waals surface area contributed by atoms with Gasteiger partial charge in [0.1, 0.15) is 0 Å². The molecule has 0 aliphatic heterocycles. The molecule has 0 aromatic heterocycles. The maximum atomic E-state index is 6.08. The van der Waals surface area contributed by atoms with Crippen LogP contribution in [0.25, 0.3) is 0 Å². The number of anilines is 1. The van der Waals surface area contributed by atoms with E-state index in [0.717, 1.165) is 18.8 Å². The van der Waals surface area contributed by atoms with Gasteiger partial charge < -0.3 is 5.73 Å². The molecule has 0 radical (unpaired) electrons. The van der Waals surface area contributed by atoms with E-state index in [9.17, 15) is 0 Å². The SMILES string of the molecule is Cc1ccc(CN(Cc2ccccc2N)C(C)C)cc1C. The zero-order valence-corrected chi connectivity index (χ0v) is 13.6. The van der Waals surface area contributed by atoms with E-state index in [1.54, 1.807) is 0 Å². The van der Waals surface area contributed by atoms with E-state index < -0.39 is 0 Å². The third kappa shape index (κ3) is 4.08. The molecule has 0 aliphatic rings. The van der Waals surface area contributed by atoms with Crippen molar-refractivity contribution < 1.29 is 0 Å². The Bertz CT molecular complexity index is 602. The number of nitrogen functional groups attached to an aromatic ring is 1. The van der Waals surface area contributed by atoms with Gasteiger partial charge in [0.05, 0.1) is 0 Å². The minimum absolute atomic E-state index is 0.478. The summed E-state index contributed by atoms with van der Waals surface area (Å²) in [7, 11) is 0. The Morgan fingerprint density at radius 3 is 2.29 bits per heavy atom. The summed E-state index contributed by atoms with van der Waals surface area (Å²) in [6.45, 7) is 10.6. The molecule has 2 rings (SSSR count). The van der Waals surface area contributed by atoms with Crippen LogP contribution >= 0.6 is 0 Å². The molecule has 0 fully saturated rings. The summed E-state index contributed by atoms with van der Waals surface area (Å²) in [4.78, 5) is 2.45. The van der Waals surface area contributed by atoms with Gasteiger partial charge in [-0.2, -0.15) is 0 Å². The molecular weight excluding hydrogens is 256 g/mol. The molecule has 0 heterocycles. The van der Waals surface area contributed by atoms with Gasteiger partial charge in [-0.05, 0) is 56.0 Å². The lowest BCUT2D eigenvalue weighted by Gasteiger charge is -2.27. The topological polar surface area (TPSA) is 29.3 Å². The van der Waals surface area contributed by atoms with Gasteiger partial charge in [-0.15, -0.1) is 0 Å². The predicted octanol–water partition coefficient (Wildman–Crippen LogP) is 4.30. The van der Waals surface area contributed by atoms with Crippen LogP contribution in [0.4, 0.5) is 5.69 Å². The fourth-order valence-electron chi connectivity index (χ4n) is 2.45. The van der Waals surface area contributed by atoms with Gasteiger partial charge in [0, 0.05) is 24.8 Å². The van der Waals surface area contributed by atoms with Gasteiger partial charge in [-0.3, -0.25) is 4.90 Å². The highest BCUT2D eigenvalue weighted by Gasteiger charge is 2.12. The van der Waals surface area contributed by atoms with E-state index in [-0.39, 0.29) is 0 Å². The Labute approximate surface area is 128 Å². The average Bonchev–Trinajstić information content (AvgIpc) is 2.44. The highest BCUT2D eigenvalue weighted by atomic mass is 15.1. The fraction of sp³-hybridized carbons (Fsp3) is 0.368. The highest BCUT2D eigenvalue weighted by Crippen LogP contribution is 2.19. The molecule has 112 valence electrons. The molecule has 2 heteroatoms. The first-order valence-corrected chi connectivity index (χ1v) is 7.61. The molecule has 0 saturated heterocycles. The standard InChI is InChI=1S/C19H26N2/c1-14(2)21(13-18-7-5-6-8-19(18)20)12-17-10-9-15(3)16(4)11-17/h5-11,14H,12-13,20H2,1-4H3. The van der Waals surface area contributed by atoms with Gasteiger partial charge in [0.2, 0.25) is 0 Å². The van der Waals surface area contributed by atoms with Crippen LogP contribution in [0, 0.1) is 13.8 Å². The Hall–Kier alpha value is -1.80. The first kappa shape index (κ1) is 15.6. The van der Waals surface area contributed by atoms with Crippen LogP contribution in [-0.4, -0.2) is 10.9 Å².